The average Bonchev–Trinajstić information content (AvgIpc) is 2.85. The van der Waals surface area contributed by atoms with Gasteiger partial charge in [-0.25, -0.2) is 4.39 Å². The van der Waals surface area contributed by atoms with E-state index in [1.165, 1.54) is 23.5 Å². The smallest absolute Gasteiger partial charge is 0.303 e. The van der Waals surface area contributed by atoms with Crippen molar-refractivity contribution in [3.05, 3.63) is 35.0 Å². The first-order chi connectivity index (χ1) is 9.99. The molecule has 2 N–H and O–H groups in total. The maximum atomic E-state index is 13.1. The van der Waals surface area contributed by atoms with Crippen molar-refractivity contribution in [2.45, 2.75) is 19.8 Å². The predicted octanol–water partition coefficient (Wildman–Crippen LogP) is 3.27. The summed E-state index contributed by atoms with van der Waals surface area (Å²) in [4.78, 5) is 23.3. The maximum Gasteiger partial charge on any atom is 0.303 e. The minimum Gasteiger partial charge on any atom is -0.481 e. The summed E-state index contributed by atoms with van der Waals surface area (Å²) in [5.41, 5.74) is 0. The number of hydrogen-bond donors (Lipinski definition) is 2. The van der Waals surface area contributed by atoms with Crippen LogP contribution in [0.4, 0.5) is 4.39 Å². The number of carbonyl (C=O) groups is 2. The van der Waals surface area contributed by atoms with Gasteiger partial charge in [-0.1, -0.05) is 13.3 Å². The number of nitrogens with one attached hydrogen (secondary N) is 1. The second kappa shape index (κ2) is 6.67. The molecule has 1 aromatic carbocycles. The Morgan fingerprint density at radius 1 is 1.38 bits per heavy atom. The van der Waals surface area contributed by atoms with Gasteiger partial charge in [-0.05, 0) is 35.6 Å². The van der Waals surface area contributed by atoms with Crippen molar-refractivity contribution >= 4 is 33.3 Å². The minimum atomic E-state index is -0.867. The van der Waals surface area contributed by atoms with Gasteiger partial charge in [0, 0.05) is 17.7 Å². The SMILES string of the molecule is CCC(CNC(=O)c1cc2cc(F)ccc2s1)CC(=O)O. The Kier molecular flexibility index (Phi) is 4.90. The standard InChI is InChI=1S/C15H16FNO3S/c1-2-9(5-14(18)19)8-17-15(20)13-7-10-6-11(16)3-4-12(10)21-13/h3-4,6-7,9H,2,5,8H2,1H3,(H,17,20)(H,18,19). The first kappa shape index (κ1) is 15.4. The third kappa shape index (κ3) is 4.01. The van der Waals surface area contributed by atoms with Crippen molar-refractivity contribution in [3.63, 3.8) is 0 Å². The third-order valence-electron chi connectivity index (χ3n) is 3.29. The molecule has 1 amide bonds. The molecule has 0 spiro atoms. The number of aliphatic carboxylic acids is 1. The number of hydrogen-bond acceptors (Lipinski definition) is 3. The number of carbonyl (C=O) groups excluding carboxylic acids is 1. The number of halogens is 1. The molecule has 112 valence electrons. The fourth-order valence-electron chi connectivity index (χ4n) is 2.06. The van der Waals surface area contributed by atoms with Crippen LogP contribution in [-0.2, 0) is 4.79 Å². The summed E-state index contributed by atoms with van der Waals surface area (Å²) < 4.78 is 14.0. The van der Waals surface area contributed by atoms with Crippen LogP contribution in [0.5, 0.6) is 0 Å². The number of amides is 1. The highest BCUT2D eigenvalue weighted by Gasteiger charge is 2.15. The van der Waals surface area contributed by atoms with E-state index in [0.29, 0.717) is 23.2 Å². The quantitative estimate of drug-likeness (QED) is 0.860. The van der Waals surface area contributed by atoms with Crippen molar-refractivity contribution in [2.75, 3.05) is 6.54 Å². The third-order valence-corrected chi connectivity index (χ3v) is 4.41. The molecule has 0 saturated carbocycles. The molecule has 0 aliphatic heterocycles. The molecule has 0 fully saturated rings. The molecule has 0 saturated heterocycles. The zero-order chi connectivity index (χ0) is 15.4. The molecule has 0 radical (unpaired) electrons. The van der Waals surface area contributed by atoms with Crippen LogP contribution in [0.15, 0.2) is 24.3 Å². The number of fused-ring (bicyclic) bond motifs is 1. The van der Waals surface area contributed by atoms with Crippen molar-refractivity contribution < 1.29 is 19.1 Å². The number of rotatable bonds is 6. The predicted molar refractivity (Wildman–Crippen MR) is 80.2 cm³/mol. The summed E-state index contributed by atoms with van der Waals surface area (Å²) in [7, 11) is 0. The highest BCUT2D eigenvalue weighted by molar-refractivity contribution is 7.20. The van der Waals surface area contributed by atoms with Crippen LogP contribution in [0, 0.1) is 11.7 Å². The summed E-state index contributed by atoms with van der Waals surface area (Å²) in [6, 6.07) is 6.05. The van der Waals surface area contributed by atoms with Gasteiger partial charge in [0.2, 0.25) is 0 Å². The Morgan fingerprint density at radius 3 is 2.81 bits per heavy atom. The molecule has 1 unspecified atom stereocenters. The van der Waals surface area contributed by atoms with Crippen LogP contribution in [0.25, 0.3) is 10.1 Å². The van der Waals surface area contributed by atoms with Crippen LogP contribution in [0.2, 0.25) is 0 Å². The molecule has 2 aromatic rings. The first-order valence-electron chi connectivity index (χ1n) is 6.68. The van der Waals surface area contributed by atoms with Gasteiger partial charge in [-0.15, -0.1) is 11.3 Å². The molecule has 1 aromatic heterocycles. The summed E-state index contributed by atoms with van der Waals surface area (Å²) in [5, 5.41) is 12.2. The highest BCUT2D eigenvalue weighted by Crippen LogP contribution is 2.26. The summed E-state index contributed by atoms with van der Waals surface area (Å²) >= 11 is 1.29. The Bertz CT molecular complexity index is 668. The zero-order valence-corrected chi connectivity index (χ0v) is 12.4. The van der Waals surface area contributed by atoms with Crippen LogP contribution in [0.3, 0.4) is 0 Å². The second-order valence-corrected chi connectivity index (χ2v) is 5.96. The van der Waals surface area contributed by atoms with Gasteiger partial charge in [0.05, 0.1) is 4.88 Å². The van der Waals surface area contributed by atoms with Crippen molar-refractivity contribution in [1.82, 2.24) is 5.32 Å². The van der Waals surface area contributed by atoms with Crippen LogP contribution >= 0.6 is 11.3 Å². The van der Waals surface area contributed by atoms with Gasteiger partial charge in [-0.3, -0.25) is 9.59 Å². The lowest BCUT2D eigenvalue weighted by molar-refractivity contribution is -0.138. The van der Waals surface area contributed by atoms with Crippen molar-refractivity contribution in [2.24, 2.45) is 5.92 Å². The molecule has 0 bridgehead atoms. The van der Waals surface area contributed by atoms with Gasteiger partial charge in [0.25, 0.3) is 5.91 Å². The Labute approximate surface area is 125 Å². The molecule has 4 nitrogen and oxygen atoms in total. The molecule has 21 heavy (non-hydrogen) atoms. The van der Waals surface area contributed by atoms with Gasteiger partial charge in [-0.2, -0.15) is 0 Å². The molecule has 1 atom stereocenters. The van der Waals surface area contributed by atoms with Crippen LogP contribution < -0.4 is 5.32 Å². The molecule has 0 aliphatic carbocycles. The lowest BCUT2D eigenvalue weighted by Crippen LogP contribution is -2.29. The van der Waals surface area contributed by atoms with Crippen LogP contribution in [-0.4, -0.2) is 23.5 Å². The summed E-state index contributed by atoms with van der Waals surface area (Å²) in [5.74, 6) is -1.54. The molecule has 1 heterocycles. The largest absolute Gasteiger partial charge is 0.481 e. The summed E-state index contributed by atoms with van der Waals surface area (Å²) in [6.45, 7) is 2.21. The van der Waals surface area contributed by atoms with E-state index in [1.807, 2.05) is 6.92 Å². The van der Waals surface area contributed by atoms with Gasteiger partial charge >= 0.3 is 5.97 Å². The summed E-state index contributed by atoms with van der Waals surface area (Å²) in [6.07, 6.45) is 0.721. The van der Waals surface area contributed by atoms with Gasteiger partial charge in [0.15, 0.2) is 0 Å². The molecule has 0 aliphatic rings. The number of benzene rings is 1. The first-order valence-corrected chi connectivity index (χ1v) is 7.50. The van der Waals surface area contributed by atoms with E-state index in [-0.39, 0.29) is 24.1 Å². The fourth-order valence-corrected chi connectivity index (χ4v) is 3.02. The highest BCUT2D eigenvalue weighted by atomic mass is 32.1. The fraction of sp³-hybridized carbons (Fsp3) is 0.333. The van der Waals surface area contributed by atoms with E-state index in [9.17, 15) is 14.0 Å². The Balaban J connectivity index is 2.03. The average molecular weight is 309 g/mol. The molecule has 2 rings (SSSR count). The molecular weight excluding hydrogens is 293 g/mol. The normalized spacial score (nSPS) is 12.3. The van der Waals surface area contributed by atoms with E-state index in [1.54, 1.807) is 12.1 Å². The Morgan fingerprint density at radius 2 is 2.14 bits per heavy atom. The number of thiophene rings is 1. The van der Waals surface area contributed by atoms with E-state index in [0.717, 1.165) is 4.70 Å². The van der Waals surface area contributed by atoms with Gasteiger partial charge in [0.1, 0.15) is 5.82 Å². The number of carboxylic acids is 1. The maximum absolute atomic E-state index is 13.1. The zero-order valence-electron chi connectivity index (χ0n) is 11.6. The lowest BCUT2D eigenvalue weighted by Gasteiger charge is -2.12. The minimum absolute atomic E-state index is 0.0361. The molecular formula is C15H16FNO3S. The van der Waals surface area contributed by atoms with E-state index < -0.39 is 5.97 Å². The van der Waals surface area contributed by atoms with Crippen molar-refractivity contribution in [1.29, 1.82) is 0 Å². The van der Waals surface area contributed by atoms with Crippen molar-refractivity contribution in [3.8, 4) is 0 Å². The van der Waals surface area contributed by atoms with E-state index >= 15 is 0 Å². The monoisotopic (exact) mass is 309 g/mol. The van der Waals surface area contributed by atoms with Crippen LogP contribution in [0.1, 0.15) is 29.4 Å². The topological polar surface area (TPSA) is 66.4 Å². The number of carboxylic acid groups (broad SMARTS) is 1. The second-order valence-electron chi connectivity index (χ2n) is 4.87. The van der Waals surface area contributed by atoms with E-state index in [2.05, 4.69) is 5.32 Å². The lowest BCUT2D eigenvalue weighted by atomic mass is 10.0. The van der Waals surface area contributed by atoms with E-state index in [4.69, 9.17) is 5.11 Å². The van der Waals surface area contributed by atoms with Gasteiger partial charge < -0.3 is 10.4 Å². The Hall–Kier alpha value is -1.95. The molecule has 6 heteroatoms.